The number of hydrazine groups is 1. The number of nitrogens with zero attached hydrogens (tertiary/aromatic N) is 6. The van der Waals surface area contributed by atoms with E-state index in [4.69, 9.17) is 32.9 Å². The molecule has 1 aliphatic heterocycles. The van der Waals surface area contributed by atoms with Gasteiger partial charge in [-0.2, -0.15) is 9.97 Å². The van der Waals surface area contributed by atoms with E-state index in [1.165, 1.54) is 49.4 Å². The summed E-state index contributed by atoms with van der Waals surface area (Å²) in [5.41, 5.74) is 10.5. The average Bonchev–Trinajstić information content (AvgIpc) is 2.91. The van der Waals surface area contributed by atoms with Gasteiger partial charge in [0.05, 0.1) is 28.5 Å². The summed E-state index contributed by atoms with van der Waals surface area (Å²) >= 11 is 6.10. The van der Waals surface area contributed by atoms with Crippen LogP contribution in [0.15, 0.2) is 30.5 Å². The molecule has 2 fully saturated rings. The normalized spacial score (nSPS) is 15.7. The predicted octanol–water partition coefficient (Wildman–Crippen LogP) is 3.99. The highest BCUT2D eigenvalue weighted by molar-refractivity contribution is 6.28. The number of piperidine rings is 1. The predicted molar refractivity (Wildman–Crippen MR) is 156 cm³/mol. The number of aryl methyl sites for hydroxylation is 1. The molecule has 12 heteroatoms. The summed E-state index contributed by atoms with van der Waals surface area (Å²) in [6, 6.07) is 4.24. The lowest BCUT2D eigenvalue weighted by Crippen LogP contribution is -2.32. The smallest absolute Gasteiger partial charge is 0.321 e. The average molecular weight is 573 g/mol. The highest BCUT2D eigenvalue weighted by Gasteiger charge is 2.24. The second-order valence-electron chi connectivity index (χ2n) is 9.79. The zero-order valence-electron chi connectivity index (χ0n) is 23.7. The summed E-state index contributed by atoms with van der Waals surface area (Å²) in [7, 11) is 1.72. The number of esters is 1. The van der Waals surface area contributed by atoms with Crippen LogP contribution in [0.4, 0.5) is 5.69 Å². The van der Waals surface area contributed by atoms with Crippen molar-refractivity contribution in [3.8, 4) is 6.01 Å². The summed E-state index contributed by atoms with van der Waals surface area (Å²) in [5.74, 6) is 6.83. The number of rotatable bonds is 10. The Kier molecular flexibility index (Phi) is 12.0. The van der Waals surface area contributed by atoms with Gasteiger partial charge < -0.3 is 25.1 Å². The summed E-state index contributed by atoms with van der Waals surface area (Å²) in [6.45, 7) is 9.37. The van der Waals surface area contributed by atoms with E-state index < -0.39 is 0 Å². The molecule has 0 spiro atoms. The molecule has 0 unspecified atom stereocenters. The Balaban J connectivity index is 0.000000559. The molecule has 1 aliphatic carbocycles. The summed E-state index contributed by atoms with van der Waals surface area (Å²) in [6.07, 6.45) is 9.37. The molecule has 2 aromatic rings. The quantitative estimate of drug-likeness (QED) is 0.184. The van der Waals surface area contributed by atoms with Crippen LogP contribution in [-0.4, -0.2) is 64.3 Å². The van der Waals surface area contributed by atoms with Crippen molar-refractivity contribution in [1.29, 1.82) is 0 Å². The zero-order chi connectivity index (χ0) is 29.1. The Bertz CT molecular complexity index is 1180. The number of anilines is 1. The van der Waals surface area contributed by atoms with Crippen molar-refractivity contribution in [2.45, 2.75) is 64.7 Å². The Hall–Kier alpha value is -3.44. The Morgan fingerprint density at radius 2 is 1.90 bits per heavy atom. The van der Waals surface area contributed by atoms with Gasteiger partial charge in [-0.15, -0.1) is 0 Å². The van der Waals surface area contributed by atoms with Crippen LogP contribution in [-0.2, 0) is 16.0 Å². The molecule has 0 aromatic carbocycles. The van der Waals surface area contributed by atoms with Crippen molar-refractivity contribution in [2.24, 2.45) is 11.6 Å². The fraction of sp³-hybridized carbons (Fsp3) is 0.536. The molecule has 0 bridgehead atoms. The van der Waals surface area contributed by atoms with Crippen molar-refractivity contribution in [3.63, 3.8) is 0 Å². The lowest BCUT2D eigenvalue weighted by Gasteiger charge is -2.30. The molecule has 40 heavy (non-hydrogen) atoms. The highest BCUT2D eigenvalue weighted by atomic mass is 35.5. The van der Waals surface area contributed by atoms with Gasteiger partial charge in [0, 0.05) is 33.0 Å². The standard InChI is InChI=1S/C23H33ClN8O.C5H8O2/c1-3-16-18(32-12-5-4-6-13-32)11-10-17(27-16)20(25)19(31(2)26)14-33-23-29-21(15-8-7-9-15)28-22(24)30-23;1-3-4-7-5(2)6/h10-11,15H,3-9,12-14,25-26H2,1-2H3;3H,1,4H2,2H3/b20-19-;. The minimum Gasteiger partial charge on any atom is -0.462 e. The van der Waals surface area contributed by atoms with Crippen LogP contribution >= 0.6 is 11.6 Å². The SMILES string of the molecule is C=CCOC(C)=O.CCc1nc(/C(N)=C(\COc2nc(Cl)nc(C3CCC3)n2)N(C)N)ccc1N1CCCCC1. The number of nitrogens with two attached hydrogens (primary N) is 2. The van der Waals surface area contributed by atoms with E-state index >= 15 is 0 Å². The topological polar surface area (TPSA) is 146 Å². The van der Waals surface area contributed by atoms with Crippen molar-refractivity contribution >= 4 is 29.0 Å². The van der Waals surface area contributed by atoms with E-state index in [1.54, 1.807) is 7.05 Å². The minimum absolute atomic E-state index is 0.0836. The van der Waals surface area contributed by atoms with Crippen LogP contribution in [0, 0.1) is 0 Å². The molecular formula is C28H41ClN8O3. The van der Waals surface area contributed by atoms with Crippen LogP contribution < -0.4 is 21.2 Å². The van der Waals surface area contributed by atoms with Crippen LogP contribution in [0.3, 0.4) is 0 Å². The fourth-order valence-corrected chi connectivity index (χ4v) is 4.57. The van der Waals surface area contributed by atoms with E-state index in [1.807, 2.05) is 6.07 Å². The summed E-state index contributed by atoms with van der Waals surface area (Å²) < 4.78 is 10.3. The van der Waals surface area contributed by atoms with E-state index in [9.17, 15) is 4.79 Å². The molecule has 1 saturated heterocycles. The van der Waals surface area contributed by atoms with Crippen LogP contribution in [0.25, 0.3) is 5.70 Å². The third-order valence-corrected chi connectivity index (χ3v) is 6.98. The van der Waals surface area contributed by atoms with E-state index in [-0.39, 0.29) is 23.9 Å². The fourth-order valence-electron chi connectivity index (χ4n) is 4.41. The Labute approximate surface area is 241 Å². The number of hydrogen-bond donors (Lipinski definition) is 2. The van der Waals surface area contributed by atoms with Gasteiger partial charge in [-0.05, 0) is 62.3 Å². The molecule has 0 amide bonds. The number of pyridine rings is 1. The van der Waals surface area contributed by atoms with Gasteiger partial charge in [0.1, 0.15) is 19.0 Å². The molecule has 0 radical (unpaired) electrons. The van der Waals surface area contributed by atoms with Gasteiger partial charge >= 0.3 is 12.0 Å². The lowest BCUT2D eigenvalue weighted by molar-refractivity contribution is -0.139. The van der Waals surface area contributed by atoms with Crippen LogP contribution in [0.1, 0.15) is 75.5 Å². The first-order chi connectivity index (χ1) is 19.2. The van der Waals surface area contributed by atoms with Gasteiger partial charge in [-0.3, -0.25) is 4.79 Å². The first-order valence-corrected chi connectivity index (χ1v) is 14.1. The third kappa shape index (κ3) is 8.79. The van der Waals surface area contributed by atoms with E-state index in [0.717, 1.165) is 38.0 Å². The van der Waals surface area contributed by atoms with Crippen molar-refractivity contribution in [2.75, 3.05) is 38.3 Å². The first kappa shape index (κ1) is 31.1. The molecule has 4 N–H and O–H groups in total. The zero-order valence-corrected chi connectivity index (χ0v) is 24.5. The maximum absolute atomic E-state index is 9.93. The molecule has 2 aliphatic rings. The number of hydrogen-bond acceptors (Lipinski definition) is 11. The largest absolute Gasteiger partial charge is 0.462 e. The second kappa shape index (κ2) is 15.4. The Morgan fingerprint density at radius 1 is 1.18 bits per heavy atom. The number of carbonyl (C=O) groups excluding carboxylic acids is 1. The van der Waals surface area contributed by atoms with Gasteiger partial charge in [0.2, 0.25) is 5.28 Å². The highest BCUT2D eigenvalue weighted by Crippen LogP contribution is 2.35. The maximum atomic E-state index is 9.93. The van der Waals surface area contributed by atoms with Gasteiger partial charge in [-0.1, -0.05) is 26.0 Å². The monoisotopic (exact) mass is 572 g/mol. The van der Waals surface area contributed by atoms with Crippen LogP contribution in [0.2, 0.25) is 5.28 Å². The summed E-state index contributed by atoms with van der Waals surface area (Å²) in [4.78, 5) is 30.0. The third-order valence-electron chi connectivity index (χ3n) is 6.81. The molecule has 4 rings (SSSR count). The van der Waals surface area contributed by atoms with Crippen molar-refractivity contribution in [3.05, 3.63) is 53.0 Å². The van der Waals surface area contributed by atoms with E-state index in [2.05, 4.69) is 44.2 Å². The first-order valence-electron chi connectivity index (χ1n) is 13.7. The maximum Gasteiger partial charge on any atom is 0.321 e. The van der Waals surface area contributed by atoms with Gasteiger partial charge in [-0.25, -0.2) is 15.8 Å². The number of ether oxygens (including phenoxy) is 2. The molecule has 3 heterocycles. The molecule has 0 atom stereocenters. The number of halogens is 1. The Morgan fingerprint density at radius 3 is 2.45 bits per heavy atom. The second-order valence-corrected chi connectivity index (χ2v) is 10.1. The number of aromatic nitrogens is 4. The van der Waals surface area contributed by atoms with E-state index in [0.29, 0.717) is 35.4 Å². The van der Waals surface area contributed by atoms with Crippen LogP contribution in [0.5, 0.6) is 6.01 Å². The van der Waals surface area contributed by atoms with Crippen molar-refractivity contribution < 1.29 is 14.3 Å². The molecule has 2 aromatic heterocycles. The molecule has 218 valence electrons. The molecule has 1 saturated carbocycles. The molecular weight excluding hydrogens is 532 g/mol. The minimum atomic E-state index is -0.264. The number of carbonyl (C=O) groups is 1. The summed E-state index contributed by atoms with van der Waals surface area (Å²) in [5, 5.41) is 1.57. The lowest BCUT2D eigenvalue weighted by atomic mass is 9.85. The van der Waals surface area contributed by atoms with Gasteiger partial charge in [0.25, 0.3) is 0 Å². The van der Waals surface area contributed by atoms with Crippen molar-refractivity contribution in [1.82, 2.24) is 24.9 Å². The number of likely N-dealkylation sites (N-methyl/N-ethyl adjacent to an activating group) is 1. The van der Waals surface area contributed by atoms with Gasteiger partial charge in [0.15, 0.2) is 0 Å². The molecule has 11 nitrogen and oxygen atoms in total.